The molecule has 0 spiro atoms. The van der Waals surface area contributed by atoms with E-state index in [9.17, 15) is 18.3 Å². The Balaban J connectivity index is 2.62. The van der Waals surface area contributed by atoms with Gasteiger partial charge in [0, 0.05) is 16.7 Å². The molecule has 0 amide bonds. The number of rotatable bonds is 4. The van der Waals surface area contributed by atoms with Crippen LogP contribution in [0.3, 0.4) is 0 Å². The second-order valence-corrected chi connectivity index (χ2v) is 5.50. The predicted octanol–water partition coefficient (Wildman–Crippen LogP) is 1.66. The van der Waals surface area contributed by atoms with Gasteiger partial charge in [-0.3, -0.25) is 9.35 Å². The zero-order chi connectivity index (χ0) is 14.8. The Morgan fingerprint density at radius 2 is 1.65 bits per heavy atom. The SMILES string of the molecule is O=C(c1ccccc1)c1cccc(S(=O)(=O)O)c1CO. The third kappa shape index (κ3) is 2.77. The summed E-state index contributed by atoms with van der Waals surface area (Å²) >= 11 is 0. The minimum absolute atomic E-state index is 0.0498. The van der Waals surface area contributed by atoms with Crippen LogP contribution in [0.4, 0.5) is 0 Å². The molecule has 6 heteroatoms. The molecule has 2 N–H and O–H groups in total. The van der Waals surface area contributed by atoms with Crippen LogP contribution in [0.2, 0.25) is 0 Å². The third-order valence-corrected chi connectivity index (χ3v) is 3.79. The van der Waals surface area contributed by atoms with Crippen molar-refractivity contribution in [2.45, 2.75) is 11.5 Å². The number of ketones is 1. The van der Waals surface area contributed by atoms with Crippen molar-refractivity contribution in [2.75, 3.05) is 0 Å². The summed E-state index contributed by atoms with van der Waals surface area (Å²) in [5.41, 5.74) is 0.312. The normalized spacial score (nSPS) is 11.3. The minimum Gasteiger partial charge on any atom is -0.392 e. The van der Waals surface area contributed by atoms with E-state index < -0.39 is 27.4 Å². The summed E-state index contributed by atoms with van der Waals surface area (Å²) in [5.74, 6) is -0.417. The summed E-state index contributed by atoms with van der Waals surface area (Å²) in [7, 11) is -4.50. The van der Waals surface area contributed by atoms with Crippen LogP contribution < -0.4 is 0 Å². The lowest BCUT2D eigenvalue weighted by atomic mass is 9.99. The number of aliphatic hydroxyl groups excluding tert-OH is 1. The van der Waals surface area contributed by atoms with Gasteiger partial charge in [-0.05, 0) is 6.07 Å². The zero-order valence-corrected chi connectivity index (χ0v) is 11.2. The van der Waals surface area contributed by atoms with Gasteiger partial charge in [0.1, 0.15) is 4.90 Å². The lowest BCUT2D eigenvalue weighted by molar-refractivity contribution is 0.103. The second kappa shape index (κ2) is 5.54. The molecule has 5 nitrogen and oxygen atoms in total. The lowest BCUT2D eigenvalue weighted by Gasteiger charge is -2.10. The molecule has 0 aromatic heterocycles. The van der Waals surface area contributed by atoms with Gasteiger partial charge < -0.3 is 5.11 Å². The molecule has 20 heavy (non-hydrogen) atoms. The van der Waals surface area contributed by atoms with Crippen molar-refractivity contribution in [2.24, 2.45) is 0 Å². The average molecular weight is 292 g/mol. The van der Waals surface area contributed by atoms with Gasteiger partial charge in [-0.15, -0.1) is 0 Å². The fraction of sp³-hybridized carbons (Fsp3) is 0.0714. The maximum absolute atomic E-state index is 12.3. The van der Waals surface area contributed by atoms with Crippen molar-refractivity contribution in [3.05, 3.63) is 65.2 Å². The van der Waals surface area contributed by atoms with Gasteiger partial charge in [-0.25, -0.2) is 0 Å². The number of hydrogen-bond acceptors (Lipinski definition) is 4. The Bertz CT molecular complexity index is 735. The molecule has 2 rings (SSSR count). The molecule has 0 unspecified atom stereocenters. The van der Waals surface area contributed by atoms with Crippen LogP contribution in [0.5, 0.6) is 0 Å². The predicted molar refractivity (Wildman–Crippen MR) is 72.1 cm³/mol. The van der Waals surface area contributed by atoms with Crippen molar-refractivity contribution >= 4 is 15.9 Å². The number of aliphatic hydroxyl groups is 1. The standard InChI is InChI=1S/C14H12O5S/c15-9-12-11(7-4-8-13(12)20(17,18)19)14(16)10-5-2-1-3-6-10/h1-8,15H,9H2,(H,17,18,19). The van der Waals surface area contributed by atoms with Crippen molar-refractivity contribution < 1.29 is 22.9 Å². The van der Waals surface area contributed by atoms with Crippen LogP contribution in [0.15, 0.2) is 53.4 Å². The molecular weight excluding hydrogens is 280 g/mol. The molecule has 0 bridgehead atoms. The van der Waals surface area contributed by atoms with Gasteiger partial charge in [0.25, 0.3) is 10.1 Å². The molecule has 0 aliphatic carbocycles. The van der Waals surface area contributed by atoms with E-state index in [1.54, 1.807) is 30.3 Å². The smallest absolute Gasteiger partial charge is 0.294 e. The summed E-state index contributed by atoms with van der Waals surface area (Å²) in [4.78, 5) is 11.9. The van der Waals surface area contributed by atoms with Gasteiger partial charge in [-0.1, -0.05) is 42.5 Å². The van der Waals surface area contributed by atoms with E-state index in [2.05, 4.69) is 0 Å². The number of carbonyl (C=O) groups is 1. The minimum atomic E-state index is -4.50. The highest BCUT2D eigenvalue weighted by Gasteiger charge is 2.21. The van der Waals surface area contributed by atoms with Gasteiger partial charge in [0.15, 0.2) is 5.78 Å². The molecule has 0 atom stereocenters. The van der Waals surface area contributed by atoms with Gasteiger partial charge in [0.05, 0.1) is 6.61 Å². The van der Waals surface area contributed by atoms with E-state index in [-0.39, 0.29) is 11.1 Å². The van der Waals surface area contributed by atoms with Crippen molar-refractivity contribution in [3.63, 3.8) is 0 Å². The lowest BCUT2D eigenvalue weighted by Crippen LogP contribution is -2.11. The Kier molecular flexibility index (Phi) is 3.99. The molecule has 0 heterocycles. The molecule has 0 saturated heterocycles. The molecule has 2 aromatic rings. The van der Waals surface area contributed by atoms with E-state index in [4.69, 9.17) is 4.55 Å². The summed E-state index contributed by atoms with van der Waals surface area (Å²) in [6.45, 7) is -0.663. The quantitative estimate of drug-likeness (QED) is 0.660. The van der Waals surface area contributed by atoms with Gasteiger partial charge in [-0.2, -0.15) is 8.42 Å². The van der Waals surface area contributed by atoms with Crippen LogP contribution in [0.25, 0.3) is 0 Å². The third-order valence-electron chi connectivity index (χ3n) is 2.85. The van der Waals surface area contributed by atoms with Crippen LogP contribution in [0.1, 0.15) is 21.5 Å². The monoisotopic (exact) mass is 292 g/mol. The summed E-state index contributed by atoms with van der Waals surface area (Å²) in [6, 6.07) is 12.2. The maximum Gasteiger partial charge on any atom is 0.294 e. The van der Waals surface area contributed by atoms with E-state index in [0.717, 1.165) is 6.07 Å². The van der Waals surface area contributed by atoms with Crippen molar-refractivity contribution in [3.8, 4) is 0 Å². The second-order valence-electron chi connectivity index (χ2n) is 4.11. The largest absolute Gasteiger partial charge is 0.392 e. The molecular formula is C14H12O5S. The number of hydrogen-bond donors (Lipinski definition) is 2. The first kappa shape index (κ1) is 14.4. The Hall–Kier alpha value is -2.02. The summed E-state index contributed by atoms with van der Waals surface area (Å²) < 4.78 is 31.6. The fourth-order valence-electron chi connectivity index (χ4n) is 1.93. The molecule has 0 saturated carbocycles. The number of carbonyl (C=O) groups excluding carboxylic acids is 1. The highest BCUT2D eigenvalue weighted by molar-refractivity contribution is 7.85. The van der Waals surface area contributed by atoms with Crippen molar-refractivity contribution in [1.29, 1.82) is 0 Å². The van der Waals surface area contributed by atoms with E-state index in [1.165, 1.54) is 12.1 Å². The van der Waals surface area contributed by atoms with Crippen LogP contribution in [-0.4, -0.2) is 23.9 Å². The van der Waals surface area contributed by atoms with Gasteiger partial charge >= 0.3 is 0 Å². The van der Waals surface area contributed by atoms with E-state index in [0.29, 0.717) is 5.56 Å². The van der Waals surface area contributed by atoms with Crippen molar-refractivity contribution in [1.82, 2.24) is 0 Å². The van der Waals surface area contributed by atoms with Crippen LogP contribution in [0, 0.1) is 0 Å². The summed E-state index contributed by atoms with van der Waals surface area (Å²) in [5, 5.41) is 9.33. The molecule has 0 aliphatic heterocycles. The van der Waals surface area contributed by atoms with Crippen LogP contribution in [-0.2, 0) is 16.7 Å². The van der Waals surface area contributed by atoms with E-state index in [1.807, 2.05) is 0 Å². The Morgan fingerprint density at radius 1 is 1.00 bits per heavy atom. The molecule has 0 aliphatic rings. The fourth-order valence-corrected chi connectivity index (χ4v) is 2.66. The van der Waals surface area contributed by atoms with Gasteiger partial charge in [0.2, 0.25) is 0 Å². The average Bonchev–Trinajstić information content (AvgIpc) is 2.45. The first-order valence-corrected chi connectivity index (χ1v) is 7.19. The zero-order valence-electron chi connectivity index (χ0n) is 10.4. The first-order valence-electron chi connectivity index (χ1n) is 5.75. The van der Waals surface area contributed by atoms with Crippen LogP contribution >= 0.6 is 0 Å². The Labute approximate surface area is 116 Å². The molecule has 104 valence electrons. The molecule has 2 aromatic carbocycles. The Morgan fingerprint density at radius 3 is 2.20 bits per heavy atom. The first-order chi connectivity index (χ1) is 9.45. The molecule has 0 fully saturated rings. The highest BCUT2D eigenvalue weighted by Crippen LogP contribution is 2.22. The topological polar surface area (TPSA) is 91.7 Å². The number of benzene rings is 2. The highest BCUT2D eigenvalue weighted by atomic mass is 32.2. The maximum atomic E-state index is 12.3. The summed E-state index contributed by atoms with van der Waals surface area (Å²) in [6.07, 6.45) is 0. The van der Waals surface area contributed by atoms with E-state index >= 15 is 0 Å². The molecule has 0 radical (unpaired) electrons.